The van der Waals surface area contributed by atoms with Gasteiger partial charge in [-0.2, -0.15) is 4.31 Å². The van der Waals surface area contributed by atoms with Crippen LogP contribution < -0.4 is 5.32 Å². The molecule has 8 heteroatoms. The number of sulfonamides is 1. The maximum absolute atomic E-state index is 12.9. The summed E-state index contributed by atoms with van der Waals surface area (Å²) in [6, 6.07) is 18.8. The van der Waals surface area contributed by atoms with Crippen LogP contribution in [0.25, 0.3) is 0 Å². The Morgan fingerprint density at radius 2 is 1.53 bits per heavy atom. The van der Waals surface area contributed by atoms with E-state index in [-0.39, 0.29) is 27.8 Å². The summed E-state index contributed by atoms with van der Waals surface area (Å²) < 4.78 is 26.5. The van der Waals surface area contributed by atoms with E-state index in [4.69, 9.17) is 11.6 Å². The van der Waals surface area contributed by atoms with Crippen LogP contribution in [0.1, 0.15) is 40.1 Å². The Bertz CT molecular complexity index is 1240. The summed E-state index contributed by atoms with van der Waals surface area (Å²) in [5, 5.41) is 3.09. The zero-order valence-electron chi connectivity index (χ0n) is 17.9. The van der Waals surface area contributed by atoms with Crippen molar-refractivity contribution >= 4 is 39.0 Å². The number of carbonyl (C=O) groups excluding carboxylic acids is 2. The SMILES string of the molecule is CC(C)N(C)S(=O)(=O)c1ccc(C(=O)Nc2ccc(Cl)cc2C(=O)c2ccccc2)cc1. The number of benzene rings is 3. The van der Waals surface area contributed by atoms with Crippen molar-refractivity contribution in [2.45, 2.75) is 24.8 Å². The average Bonchev–Trinajstić information content (AvgIpc) is 2.79. The van der Waals surface area contributed by atoms with Crippen LogP contribution in [0.15, 0.2) is 77.7 Å². The fourth-order valence-electron chi connectivity index (χ4n) is 2.97. The molecular formula is C24H23ClN2O4S. The molecule has 1 amide bonds. The maximum Gasteiger partial charge on any atom is 0.255 e. The van der Waals surface area contributed by atoms with Crippen molar-refractivity contribution in [2.24, 2.45) is 0 Å². The lowest BCUT2D eigenvalue weighted by atomic mass is 10.0. The molecule has 0 fully saturated rings. The molecule has 0 aliphatic heterocycles. The number of hydrogen-bond donors (Lipinski definition) is 1. The number of carbonyl (C=O) groups is 2. The van der Waals surface area contributed by atoms with Crippen LogP contribution in [-0.2, 0) is 10.0 Å². The topological polar surface area (TPSA) is 83.6 Å². The molecule has 0 aliphatic carbocycles. The molecule has 0 aliphatic rings. The monoisotopic (exact) mass is 470 g/mol. The molecule has 0 bridgehead atoms. The van der Waals surface area contributed by atoms with E-state index in [0.717, 1.165) is 0 Å². The van der Waals surface area contributed by atoms with Gasteiger partial charge >= 0.3 is 0 Å². The second-order valence-corrected chi connectivity index (χ2v) is 9.91. The first-order chi connectivity index (χ1) is 15.1. The van der Waals surface area contributed by atoms with Gasteiger partial charge in [-0.3, -0.25) is 9.59 Å². The first-order valence-corrected chi connectivity index (χ1v) is 11.7. The van der Waals surface area contributed by atoms with Crippen molar-refractivity contribution in [3.05, 3.63) is 94.5 Å². The molecule has 0 spiro atoms. The summed E-state index contributed by atoms with van der Waals surface area (Å²) in [5.41, 5.74) is 1.29. The molecule has 32 heavy (non-hydrogen) atoms. The van der Waals surface area contributed by atoms with Crippen molar-refractivity contribution in [2.75, 3.05) is 12.4 Å². The summed E-state index contributed by atoms with van der Waals surface area (Å²) in [5.74, 6) is -0.753. The van der Waals surface area contributed by atoms with Gasteiger partial charge < -0.3 is 5.32 Å². The molecule has 3 aromatic carbocycles. The second-order valence-electron chi connectivity index (χ2n) is 7.48. The van der Waals surface area contributed by atoms with Gasteiger partial charge in [-0.1, -0.05) is 41.9 Å². The van der Waals surface area contributed by atoms with E-state index < -0.39 is 15.9 Å². The van der Waals surface area contributed by atoms with E-state index in [1.54, 1.807) is 56.3 Å². The molecule has 0 saturated carbocycles. The summed E-state index contributed by atoms with van der Waals surface area (Å²) in [6.45, 7) is 3.56. The molecule has 0 aromatic heterocycles. The molecule has 0 heterocycles. The van der Waals surface area contributed by atoms with Gasteiger partial charge in [-0.25, -0.2) is 8.42 Å². The Morgan fingerprint density at radius 1 is 0.906 bits per heavy atom. The van der Waals surface area contributed by atoms with E-state index in [9.17, 15) is 18.0 Å². The molecule has 3 aromatic rings. The number of amides is 1. The number of rotatable bonds is 7. The Labute approximate surface area is 192 Å². The molecule has 166 valence electrons. The molecule has 6 nitrogen and oxygen atoms in total. The molecular weight excluding hydrogens is 448 g/mol. The highest BCUT2D eigenvalue weighted by Crippen LogP contribution is 2.25. The number of anilines is 1. The summed E-state index contributed by atoms with van der Waals surface area (Å²) >= 11 is 6.08. The van der Waals surface area contributed by atoms with E-state index in [1.165, 1.54) is 41.7 Å². The van der Waals surface area contributed by atoms with Gasteiger partial charge in [0.2, 0.25) is 10.0 Å². The summed E-state index contributed by atoms with van der Waals surface area (Å²) in [4.78, 5) is 25.8. The molecule has 0 atom stereocenters. The lowest BCUT2D eigenvalue weighted by Crippen LogP contribution is -2.33. The van der Waals surface area contributed by atoms with Gasteiger partial charge in [0.15, 0.2) is 5.78 Å². The second kappa shape index (κ2) is 9.65. The smallest absolute Gasteiger partial charge is 0.255 e. The summed E-state index contributed by atoms with van der Waals surface area (Å²) in [6.07, 6.45) is 0. The third-order valence-electron chi connectivity index (χ3n) is 5.03. The fourth-order valence-corrected chi connectivity index (χ4v) is 4.51. The summed E-state index contributed by atoms with van der Waals surface area (Å²) in [7, 11) is -2.14. The van der Waals surface area contributed by atoms with Crippen LogP contribution in [0.4, 0.5) is 5.69 Å². The van der Waals surface area contributed by atoms with Gasteiger partial charge in [0, 0.05) is 34.8 Å². The van der Waals surface area contributed by atoms with Crippen molar-refractivity contribution in [1.29, 1.82) is 0 Å². The number of ketones is 1. The largest absolute Gasteiger partial charge is 0.321 e. The van der Waals surface area contributed by atoms with Crippen LogP contribution in [0.3, 0.4) is 0 Å². The van der Waals surface area contributed by atoms with Crippen molar-refractivity contribution in [3.63, 3.8) is 0 Å². The van der Waals surface area contributed by atoms with Gasteiger partial charge in [0.05, 0.1) is 10.6 Å². The minimum absolute atomic E-state index is 0.0942. The third kappa shape index (κ3) is 5.07. The lowest BCUT2D eigenvalue weighted by molar-refractivity contribution is 0.102. The quantitative estimate of drug-likeness (QED) is 0.500. The Balaban J connectivity index is 1.86. The van der Waals surface area contributed by atoms with Crippen LogP contribution in [-0.4, -0.2) is 37.5 Å². The third-order valence-corrected chi connectivity index (χ3v) is 7.31. The van der Waals surface area contributed by atoms with Gasteiger partial charge in [0.1, 0.15) is 0 Å². The zero-order valence-corrected chi connectivity index (χ0v) is 19.4. The normalized spacial score (nSPS) is 11.6. The van der Waals surface area contributed by atoms with Gasteiger partial charge in [-0.05, 0) is 56.3 Å². The highest BCUT2D eigenvalue weighted by molar-refractivity contribution is 7.89. The Hall–Kier alpha value is -3.00. The minimum atomic E-state index is -3.65. The number of halogens is 1. The highest BCUT2D eigenvalue weighted by atomic mass is 35.5. The van der Waals surface area contributed by atoms with E-state index in [0.29, 0.717) is 16.3 Å². The first-order valence-electron chi connectivity index (χ1n) is 9.90. The van der Waals surface area contributed by atoms with Gasteiger partial charge in [-0.15, -0.1) is 0 Å². The van der Waals surface area contributed by atoms with Crippen molar-refractivity contribution in [3.8, 4) is 0 Å². The Kier molecular flexibility index (Phi) is 7.13. The molecule has 3 rings (SSSR count). The Morgan fingerprint density at radius 3 is 2.12 bits per heavy atom. The first kappa shape index (κ1) is 23.7. The fraction of sp³-hybridized carbons (Fsp3) is 0.167. The zero-order chi connectivity index (χ0) is 23.5. The number of nitrogens with one attached hydrogen (secondary N) is 1. The predicted octanol–water partition coefficient (Wildman–Crippen LogP) is 4.85. The van der Waals surface area contributed by atoms with Crippen LogP contribution >= 0.6 is 11.6 Å². The maximum atomic E-state index is 12.9. The van der Waals surface area contributed by atoms with Crippen LogP contribution in [0.5, 0.6) is 0 Å². The van der Waals surface area contributed by atoms with Crippen LogP contribution in [0, 0.1) is 0 Å². The predicted molar refractivity (Wildman–Crippen MR) is 126 cm³/mol. The standard InChI is InChI=1S/C24H23ClN2O4S/c1-16(2)27(3)32(30,31)20-12-9-18(10-13-20)24(29)26-22-14-11-19(25)15-21(22)23(28)17-7-5-4-6-8-17/h4-16H,1-3H3,(H,26,29). The molecule has 0 radical (unpaired) electrons. The average molecular weight is 471 g/mol. The molecule has 0 unspecified atom stereocenters. The molecule has 0 saturated heterocycles. The van der Waals surface area contributed by atoms with Crippen molar-refractivity contribution in [1.82, 2.24) is 4.31 Å². The van der Waals surface area contributed by atoms with E-state index in [2.05, 4.69) is 5.32 Å². The minimum Gasteiger partial charge on any atom is -0.321 e. The van der Waals surface area contributed by atoms with E-state index >= 15 is 0 Å². The number of nitrogens with zero attached hydrogens (tertiary/aromatic N) is 1. The van der Waals surface area contributed by atoms with Crippen LogP contribution in [0.2, 0.25) is 5.02 Å². The van der Waals surface area contributed by atoms with Gasteiger partial charge in [0.25, 0.3) is 5.91 Å². The number of hydrogen-bond acceptors (Lipinski definition) is 4. The lowest BCUT2D eigenvalue weighted by Gasteiger charge is -2.21. The highest BCUT2D eigenvalue weighted by Gasteiger charge is 2.23. The molecule has 1 N–H and O–H groups in total. The van der Waals surface area contributed by atoms with E-state index in [1.807, 2.05) is 0 Å². The van der Waals surface area contributed by atoms with Crippen molar-refractivity contribution < 1.29 is 18.0 Å².